The van der Waals surface area contributed by atoms with Crippen LogP contribution in [0, 0.1) is 0 Å². The van der Waals surface area contributed by atoms with Crippen LogP contribution in [0.15, 0.2) is 0 Å². The van der Waals surface area contributed by atoms with Gasteiger partial charge >= 0.3 is 62.4 Å². The van der Waals surface area contributed by atoms with Gasteiger partial charge in [-0.1, -0.05) is 0 Å². The van der Waals surface area contributed by atoms with Gasteiger partial charge in [0.05, 0.1) is 0 Å². The van der Waals surface area contributed by atoms with E-state index in [-0.39, 0.29) is 39.5 Å². The fraction of sp³-hybridized carbons (Fsp3) is 0. The zero-order valence-electron chi connectivity index (χ0n) is 2.40. The van der Waals surface area contributed by atoms with Crippen LogP contribution in [0.25, 0.3) is 0 Å². The second-order valence-corrected chi connectivity index (χ2v) is 4.39. The van der Waals surface area contributed by atoms with Crippen LogP contribution >= 0.6 is 0 Å². The summed E-state index contributed by atoms with van der Waals surface area (Å²) in [5.74, 6) is 0. The molecule has 0 saturated heterocycles. The van der Waals surface area contributed by atoms with Crippen LogP contribution < -0.4 is 0 Å². The first-order chi connectivity index (χ1) is 2.00. The van der Waals surface area contributed by atoms with Crippen molar-refractivity contribution < 1.29 is 48.0 Å². The monoisotopic (exact) mass is 263 g/mol. The van der Waals surface area contributed by atoms with Gasteiger partial charge in [0.15, 0.2) is 0 Å². The molecule has 45 valence electrons. The SMILES string of the molecule is O=[S](=O)(O)[Mo].[MgH2].[Ni]. The third kappa shape index (κ3) is 78.1. The average Bonchev–Trinajstić information content (AvgIpc) is 0.722. The Morgan fingerprint density at radius 3 is 1.43 bits per heavy atom. The molecular formula is H3MgMoNiO3S. The second kappa shape index (κ2) is 5.99. The molecule has 0 heterocycles. The van der Waals surface area contributed by atoms with Gasteiger partial charge in [-0.3, -0.25) is 0 Å². The molecule has 0 fully saturated rings. The summed E-state index contributed by atoms with van der Waals surface area (Å²) in [6, 6.07) is 0. The Labute approximate surface area is 78.0 Å². The average molecular weight is 262 g/mol. The summed E-state index contributed by atoms with van der Waals surface area (Å²) < 4.78 is 25.9. The summed E-state index contributed by atoms with van der Waals surface area (Å²) in [6.45, 7) is 0. The van der Waals surface area contributed by atoms with Gasteiger partial charge in [0.2, 0.25) is 0 Å². The summed E-state index contributed by atoms with van der Waals surface area (Å²) in [5, 5.41) is 0. The van der Waals surface area contributed by atoms with Crippen molar-refractivity contribution >= 4 is 30.9 Å². The maximum atomic E-state index is 9.19. The van der Waals surface area contributed by atoms with Crippen LogP contribution in [0.4, 0.5) is 0 Å². The van der Waals surface area contributed by atoms with E-state index in [9.17, 15) is 8.42 Å². The second-order valence-electron chi connectivity index (χ2n) is 0.428. The van der Waals surface area contributed by atoms with E-state index in [0.717, 1.165) is 0 Å². The molecule has 0 aromatic carbocycles. The Morgan fingerprint density at radius 1 is 1.43 bits per heavy atom. The molecule has 0 unspecified atom stereocenters. The molecule has 0 rings (SSSR count). The zero-order chi connectivity index (χ0) is 4.50. The summed E-state index contributed by atoms with van der Waals surface area (Å²) in [5.41, 5.74) is 0. The molecule has 0 aromatic rings. The van der Waals surface area contributed by atoms with Gasteiger partial charge in [0.25, 0.3) is 0 Å². The molecule has 0 amide bonds. The number of rotatable bonds is 0. The standard InChI is InChI=1S/Mg.Mo.Ni.HO3S.2H/c;;;1-4(2)3;;/h;;;(H,1,2,3);;. The van der Waals surface area contributed by atoms with Crippen molar-refractivity contribution in [2.75, 3.05) is 0 Å². The van der Waals surface area contributed by atoms with E-state index in [2.05, 4.69) is 0 Å². The molecule has 0 aliphatic heterocycles. The fourth-order valence-electron chi connectivity index (χ4n) is 0. The van der Waals surface area contributed by atoms with E-state index >= 15 is 0 Å². The van der Waals surface area contributed by atoms with Crippen molar-refractivity contribution in [3.8, 4) is 0 Å². The van der Waals surface area contributed by atoms with E-state index in [4.69, 9.17) is 4.55 Å². The van der Waals surface area contributed by atoms with Crippen LogP contribution in [0.1, 0.15) is 0 Å². The first kappa shape index (κ1) is 15.9. The van der Waals surface area contributed by atoms with Gasteiger partial charge in [-0.05, 0) is 0 Å². The Morgan fingerprint density at radius 2 is 1.43 bits per heavy atom. The molecule has 3 nitrogen and oxygen atoms in total. The first-order valence-corrected chi connectivity index (χ1v) is 4.51. The van der Waals surface area contributed by atoms with E-state index < -0.39 is 7.82 Å². The Hall–Kier alpha value is 1.86. The van der Waals surface area contributed by atoms with E-state index in [0.29, 0.717) is 18.5 Å². The first-order valence-electron chi connectivity index (χ1n) is 0.683. The molecule has 0 bridgehead atoms. The van der Waals surface area contributed by atoms with Crippen molar-refractivity contribution in [1.82, 2.24) is 0 Å². The summed E-state index contributed by atoms with van der Waals surface area (Å²) in [7, 11) is -3.66. The summed E-state index contributed by atoms with van der Waals surface area (Å²) in [4.78, 5) is 0. The predicted octanol–water partition coefficient (Wildman–Crippen LogP) is -1.58. The quantitative estimate of drug-likeness (QED) is 0.423. The van der Waals surface area contributed by atoms with E-state index in [1.807, 2.05) is 0 Å². The predicted molar refractivity (Wildman–Crippen MR) is 20.1 cm³/mol. The van der Waals surface area contributed by atoms with Gasteiger partial charge in [-0.15, -0.1) is 0 Å². The van der Waals surface area contributed by atoms with Crippen molar-refractivity contribution in [1.29, 1.82) is 0 Å². The van der Waals surface area contributed by atoms with Gasteiger partial charge in [-0.2, -0.15) is 0 Å². The maximum Gasteiger partial charge on any atom is 0.316 e. The van der Waals surface area contributed by atoms with Gasteiger partial charge in [-0.25, -0.2) is 0 Å². The van der Waals surface area contributed by atoms with Crippen LogP contribution in [0.5, 0.6) is 0 Å². The molecule has 0 spiro atoms. The molecule has 0 radical (unpaired) electrons. The summed E-state index contributed by atoms with van der Waals surface area (Å²) >= 11 is 0.652. The number of hydrogen-bond donors (Lipinski definition) is 1. The van der Waals surface area contributed by atoms with Crippen LogP contribution in [0.2, 0.25) is 0 Å². The van der Waals surface area contributed by atoms with Crippen LogP contribution in [-0.4, -0.2) is 36.0 Å². The molecule has 1 N–H and O–H groups in total. The normalized spacial score (nSPS) is 8.14. The largest absolute Gasteiger partial charge is 0.316 e. The maximum absolute atomic E-state index is 9.19. The smallest absolute Gasteiger partial charge is 0 e. The van der Waals surface area contributed by atoms with Crippen molar-refractivity contribution in [3.63, 3.8) is 0 Å². The Balaban J connectivity index is -0.0000000800. The van der Waals surface area contributed by atoms with Gasteiger partial charge in [0.1, 0.15) is 0 Å². The molecule has 0 atom stereocenters. The topological polar surface area (TPSA) is 54.4 Å². The molecule has 0 aliphatic rings. The van der Waals surface area contributed by atoms with Crippen LogP contribution in [0.3, 0.4) is 0 Å². The Bertz CT molecular complexity index is 98.1. The number of hydrogen-bond acceptors (Lipinski definition) is 2. The molecular weight excluding hydrogens is 259 g/mol. The van der Waals surface area contributed by atoms with Crippen LogP contribution in [-0.2, 0) is 42.9 Å². The molecule has 0 saturated carbocycles. The van der Waals surface area contributed by atoms with Gasteiger partial charge < -0.3 is 0 Å². The minimum atomic E-state index is -3.66. The molecule has 7 heteroatoms. The van der Waals surface area contributed by atoms with Crippen molar-refractivity contribution in [2.45, 2.75) is 0 Å². The molecule has 0 aromatic heterocycles. The fourth-order valence-corrected chi connectivity index (χ4v) is 0. The Kier molecular flexibility index (Phi) is 13.6. The summed E-state index contributed by atoms with van der Waals surface area (Å²) in [6.07, 6.45) is 0. The van der Waals surface area contributed by atoms with Crippen molar-refractivity contribution in [3.05, 3.63) is 0 Å². The van der Waals surface area contributed by atoms with Gasteiger partial charge in [0, 0.05) is 16.5 Å². The van der Waals surface area contributed by atoms with E-state index in [1.54, 1.807) is 0 Å². The van der Waals surface area contributed by atoms with Crippen molar-refractivity contribution in [2.24, 2.45) is 0 Å². The third-order valence-electron chi connectivity index (χ3n) is 0. The third-order valence-corrected chi connectivity index (χ3v) is 0. The zero-order valence-corrected chi connectivity index (χ0v) is 6.21. The minimum absolute atomic E-state index is 0. The molecule has 0 aliphatic carbocycles. The molecule has 7 heavy (non-hydrogen) atoms. The minimum Gasteiger partial charge on any atom is 0 e. The van der Waals surface area contributed by atoms with E-state index in [1.165, 1.54) is 0 Å².